The minimum Gasteiger partial charge on any atom is -0.465 e. The number of carbonyl (C=O) groups is 2. The van der Waals surface area contributed by atoms with E-state index < -0.39 is 0 Å². The van der Waals surface area contributed by atoms with Gasteiger partial charge in [-0.3, -0.25) is 0 Å². The van der Waals surface area contributed by atoms with E-state index in [1.165, 1.54) is 31.0 Å². The molecule has 0 N–H and O–H groups in total. The standard InChI is InChI=1S/C26H23BrN2O2.C25H21N3O2.CH4/c1-31-26(30)20-15-16-22-24(17-20)28-23(25(29-22)19-11-3-2-4-12-19)14-8-6-10-18-9-5-7-13-21(18)27;1-30-25(29)19-13-14-20-21(16-19)27-24(23(26-20)18-9-3-2-4-10-18)28-15-7-11-17-8-5-6-12-22(17)28;/h2-5,7,9,11-13,15-17H,6,8,10,14H2,1H3;2-6,8-10,12-14,16H,7,11,15H2,1H3;1H4. The number of ether oxygens (including phenoxy) is 2. The van der Waals surface area contributed by atoms with E-state index in [1.807, 2.05) is 54.6 Å². The van der Waals surface area contributed by atoms with Crippen LogP contribution in [0.1, 0.15) is 64.2 Å². The van der Waals surface area contributed by atoms with Crippen molar-refractivity contribution in [1.29, 1.82) is 0 Å². The summed E-state index contributed by atoms with van der Waals surface area (Å²) in [6.45, 7) is 0.869. The molecule has 0 unspecified atom stereocenters. The summed E-state index contributed by atoms with van der Waals surface area (Å²) < 4.78 is 10.9. The molecule has 0 spiro atoms. The molecular weight excluding hydrogens is 839 g/mol. The second-order valence-corrected chi connectivity index (χ2v) is 15.6. The van der Waals surface area contributed by atoms with E-state index in [9.17, 15) is 9.59 Å². The van der Waals surface area contributed by atoms with Crippen molar-refractivity contribution in [3.8, 4) is 22.5 Å². The maximum absolute atomic E-state index is 12.0. The predicted octanol–water partition coefficient (Wildman–Crippen LogP) is 12.2. The highest BCUT2D eigenvalue weighted by Gasteiger charge is 2.24. The first-order chi connectivity index (χ1) is 29.9. The molecule has 9 rings (SSSR count). The summed E-state index contributed by atoms with van der Waals surface area (Å²) in [4.78, 5) is 46.0. The van der Waals surface area contributed by atoms with E-state index in [1.54, 1.807) is 24.3 Å². The molecule has 312 valence electrons. The van der Waals surface area contributed by atoms with Crippen LogP contribution in [0.15, 0.2) is 150 Å². The van der Waals surface area contributed by atoms with Crippen molar-refractivity contribution in [2.45, 2.75) is 46.0 Å². The van der Waals surface area contributed by atoms with Crippen molar-refractivity contribution < 1.29 is 19.1 Å². The number of aromatic nitrogens is 4. The zero-order chi connectivity index (χ0) is 42.1. The number of methoxy groups -OCH3 is 2. The molecule has 1 aliphatic heterocycles. The minimum absolute atomic E-state index is 0. The number of hydrogen-bond donors (Lipinski definition) is 0. The van der Waals surface area contributed by atoms with Crippen molar-refractivity contribution in [2.24, 2.45) is 0 Å². The molecule has 1 aliphatic rings. The predicted molar refractivity (Wildman–Crippen MR) is 252 cm³/mol. The molecule has 0 bridgehead atoms. The van der Waals surface area contributed by atoms with E-state index in [2.05, 4.69) is 87.6 Å². The van der Waals surface area contributed by atoms with E-state index in [0.29, 0.717) is 22.2 Å². The molecule has 8 aromatic rings. The highest BCUT2D eigenvalue weighted by Crippen LogP contribution is 2.38. The average Bonchev–Trinajstić information content (AvgIpc) is 3.32. The second-order valence-electron chi connectivity index (χ2n) is 14.7. The summed E-state index contributed by atoms with van der Waals surface area (Å²) in [5, 5.41) is 0. The van der Waals surface area contributed by atoms with Crippen LogP contribution in [0.4, 0.5) is 11.5 Å². The van der Waals surface area contributed by atoms with Gasteiger partial charge < -0.3 is 14.4 Å². The number of esters is 2. The lowest BCUT2D eigenvalue weighted by Gasteiger charge is -2.31. The SMILES string of the molecule is C.COC(=O)c1ccc2nc(-c3ccccc3)c(CCCCc3ccccc3Br)nc2c1.COC(=O)c1ccc2nc(-c3ccccc3)c(N3CCCc4ccccc43)nc2c1. The number of fused-ring (bicyclic) bond motifs is 3. The van der Waals surface area contributed by atoms with Crippen LogP contribution in [-0.2, 0) is 28.7 Å². The van der Waals surface area contributed by atoms with Gasteiger partial charge in [-0.15, -0.1) is 0 Å². The molecule has 0 saturated heterocycles. The summed E-state index contributed by atoms with van der Waals surface area (Å²) in [6.07, 6.45) is 5.99. The van der Waals surface area contributed by atoms with Gasteiger partial charge in [0, 0.05) is 27.8 Å². The van der Waals surface area contributed by atoms with Crippen LogP contribution in [0, 0.1) is 0 Å². The summed E-state index contributed by atoms with van der Waals surface area (Å²) in [7, 11) is 2.76. The largest absolute Gasteiger partial charge is 0.465 e. The van der Waals surface area contributed by atoms with Crippen LogP contribution in [-0.4, -0.2) is 52.6 Å². The molecular formula is C52H48BrN5O4. The first kappa shape index (κ1) is 43.3. The quantitative estimate of drug-likeness (QED) is 0.0980. The molecule has 6 aromatic carbocycles. The van der Waals surface area contributed by atoms with Gasteiger partial charge >= 0.3 is 11.9 Å². The molecule has 0 fully saturated rings. The smallest absolute Gasteiger partial charge is 0.337 e. The van der Waals surface area contributed by atoms with Crippen molar-refractivity contribution in [1.82, 2.24) is 19.9 Å². The number of unbranched alkanes of at least 4 members (excludes halogenated alkanes) is 1. The van der Waals surface area contributed by atoms with Gasteiger partial charge in [0.15, 0.2) is 5.82 Å². The number of aryl methyl sites for hydroxylation is 3. The van der Waals surface area contributed by atoms with Crippen molar-refractivity contribution in [3.05, 3.63) is 178 Å². The van der Waals surface area contributed by atoms with Crippen molar-refractivity contribution >= 4 is 61.4 Å². The molecule has 0 radical (unpaired) electrons. The molecule has 0 saturated carbocycles. The number of hydrogen-bond acceptors (Lipinski definition) is 9. The number of benzene rings is 6. The van der Waals surface area contributed by atoms with Crippen LogP contribution in [0.2, 0.25) is 0 Å². The Balaban J connectivity index is 0.000000184. The van der Waals surface area contributed by atoms with Gasteiger partial charge in [0.1, 0.15) is 5.69 Å². The molecule has 10 heteroatoms. The molecule has 0 atom stereocenters. The molecule has 2 aromatic heterocycles. The van der Waals surface area contributed by atoms with Gasteiger partial charge in [0.2, 0.25) is 0 Å². The van der Waals surface area contributed by atoms with E-state index in [4.69, 9.17) is 29.4 Å². The number of halogens is 1. The average molecular weight is 887 g/mol. The Labute approximate surface area is 371 Å². The maximum atomic E-state index is 12.0. The fourth-order valence-electron chi connectivity index (χ4n) is 7.67. The summed E-state index contributed by atoms with van der Waals surface area (Å²) in [6, 6.07) is 47.7. The van der Waals surface area contributed by atoms with Gasteiger partial charge in [-0.1, -0.05) is 120 Å². The lowest BCUT2D eigenvalue weighted by Crippen LogP contribution is -2.26. The second kappa shape index (κ2) is 20.2. The van der Waals surface area contributed by atoms with E-state index in [0.717, 1.165) is 94.6 Å². The fourth-order valence-corrected chi connectivity index (χ4v) is 8.15. The van der Waals surface area contributed by atoms with Gasteiger partial charge in [-0.25, -0.2) is 29.5 Å². The maximum Gasteiger partial charge on any atom is 0.337 e. The summed E-state index contributed by atoms with van der Waals surface area (Å²) in [5.41, 5.74) is 12.4. The van der Waals surface area contributed by atoms with Gasteiger partial charge in [0.05, 0.1) is 58.8 Å². The third-order valence-electron chi connectivity index (χ3n) is 10.8. The number of carbonyl (C=O) groups excluding carboxylic acids is 2. The monoisotopic (exact) mass is 885 g/mol. The van der Waals surface area contributed by atoms with Crippen LogP contribution < -0.4 is 4.90 Å². The highest BCUT2D eigenvalue weighted by molar-refractivity contribution is 9.10. The Hall–Kier alpha value is -6.78. The zero-order valence-electron chi connectivity index (χ0n) is 34.1. The molecule has 62 heavy (non-hydrogen) atoms. The first-order valence-corrected chi connectivity index (χ1v) is 21.2. The Morgan fingerprint density at radius 1 is 0.597 bits per heavy atom. The Morgan fingerprint density at radius 3 is 1.79 bits per heavy atom. The first-order valence-electron chi connectivity index (χ1n) is 20.4. The highest BCUT2D eigenvalue weighted by atomic mass is 79.9. The lowest BCUT2D eigenvalue weighted by atomic mass is 10.0. The molecule has 3 heterocycles. The number of nitrogens with zero attached hydrogens (tertiary/aromatic N) is 5. The summed E-state index contributed by atoms with van der Waals surface area (Å²) in [5.74, 6) is 0.0596. The topological polar surface area (TPSA) is 107 Å². The molecule has 9 nitrogen and oxygen atoms in total. The molecule has 0 aliphatic carbocycles. The Bertz CT molecular complexity index is 2840. The molecule has 0 amide bonds. The van der Waals surface area contributed by atoms with Crippen molar-refractivity contribution in [3.63, 3.8) is 0 Å². The van der Waals surface area contributed by atoms with E-state index in [-0.39, 0.29) is 19.4 Å². The van der Waals surface area contributed by atoms with Crippen molar-refractivity contribution in [2.75, 3.05) is 25.7 Å². The number of anilines is 2. The van der Waals surface area contributed by atoms with Gasteiger partial charge in [-0.05, 0) is 98.2 Å². The van der Waals surface area contributed by atoms with Crippen LogP contribution >= 0.6 is 15.9 Å². The van der Waals surface area contributed by atoms with Crippen LogP contribution in [0.3, 0.4) is 0 Å². The number of rotatable bonds is 10. The number of para-hydroxylation sites is 1. The van der Waals surface area contributed by atoms with Gasteiger partial charge in [-0.2, -0.15) is 0 Å². The van der Waals surface area contributed by atoms with Crippen LogP contribution in [0.25, 0.3) is 44.6 Å². The third-order valence-corrected chi connectivity index (χ3v) is 11.5. The minimum atomic E-state index is -0.379. The lowest BCUT2D eigenvalue weighted by molar-refractivity contribution is 0.0592. The Kier molecular flexibility index (Phi) is 14.1. The normalized spacial score (nSPS) is 11.8. The van der Waals surface area contributed by atoms with E-state index >= 15 is 0 Å². The van der Waals surface area contributed by atoms with Crippen LogP contribution in [0.5, 0.6) is 0 Å². The summed E-state index contributed by atoms with van der Waals surface area (Å²) >= 11 is 3.63. The fraction of sp³-hybridized carbons (Fsp3) is 0.192. The Morgan fingerprint density at radius 2 is 1.15 bits per heavy atom. The third kappa shape index (κ3) is 9.72. The zero-order valence-corrected chi connectivity index (χ0v) is 35.6. The van der Waals surface area contributed by atoms with Gasteiger partial charge in [0.25, 0.3) is 0 Å².